The summed E-state index contributed by atoms with van der Waals surface area (Å²) in [4.78, 5) is 23.4. The van der Waals surface area contributed by atoms with Gasteiger partial charge in [0.1, 0.15) is 11.9 Å². The van der Waals surface area contributed by atoms with Crippen LogP contribution in [0.5, 0.6) is 5.75 Å². The Kier molecular flexibility index (Phi) is 5.95. The molecule has 2 rings (SSSR count). The Morgan fingerprint density at radius 2 is 2.26 bits per heavy atom. The zero-order valence-electron chi connectivity index (χ0n) is 13.2. The molecule has 0 aromatic heterocycles. The summed E-state index contributed by atoms with van der Waals surface area (Å²) < 4.78 is 15.9. The lowest BCUT2D eigenvalue weighted by Crippen LogP contribution is -2.31. The summed E-state index contributed by atoms with van der Waals surface area (Å²) >= 11 is 0. The van der Waals surface area contributed by atoms with E-state index in [1.165, 1.54) is 19.2 Å². The van der Waals surface area contributed by atoms with Crippen molar-refractivity contribution in [1.29, 1.82) is 0 Å². The molecule has 1 heterocycles. The fourth-order valence-electron chi connectivity index (χ4n) is 2.27. The van der Waals surface area contributed by atoms with E-state index < -0.39 is 18.0 Å². The van der Waals surface area contributed by atoms with E-state index in [1.807, 2.05) is 0 Å². The van der Waals surface area contributed by atoms with Crippen molar-refractivity contribution in [3.8, 4) is 5.75 Å². The molecule has 0 bridgehead atoms. The third kappa shape index (κ3) is 4.67. The molecule has 1 aliphatic heterocycles. The van der Waals surface area contributed by atoms with E-state index in [1.54, 1.807) is 13.0 Å². The number of benzene rings is 1. The van der Waals surface area contributed by atoms with Gasteiger partial charge >= 0.3 is 5.97 Å². The van der Waals surface area contributed by atoms with E-state index in [0.29, 0.717) is 12.4 Å². The molecule has 7 nitrogen and oxygen atoms in total. The number of carbonyl (C=O) groups is 2. The van der Waals surface area contributed by atoms with Gasteiger partial charge in [0.25, 0.3) is 5.91 Å². The molecular formula is C16H21NO6. The number of amides is 1. The number of carbonyl (C=O) groups excluding carboxylic acids is 1. The van der Waals surface area contributed by atoms with E-state index in [4.69, 9.17) is 14.2 Å². The number of carboxylic acids is 1. The molecular weight excluding hydrogens is 302 g/mol. The molecule has 1 aliphatic rings. The summed E-state index contributed by atoms with van der Waals surface area (Å²) in [5, 5.41) is 11.8. The molecule has 0 spiro atoms. The van der Waals surface area contributed by atoms with Crippen molar-refractivity contribution in [1.82, 2.24) is 0 Å². The van der Waals surface area contributed by atoms with Gasteiger partial charge in [0.05, 0.1) is 31.1 Å². The third-order valence-corrected chi connectivity index (χ3v) is 3.64. The smallest absolute Gasteiger partial charge is 0.337 e. The fraction of sp³-hybridized carbons (Fsp3) is 0.500. The monoisotopic (exact) mass is 323 g/mol. The van der Waals surface area contributed by atoms with Crippen molar-refractivity contribution in [3.05, 3.63) is 23.8 Å². The van der Waals surface area contributed by atoms with Crippen LogP contribution in [0.25, 0.3) is 0 Å². The van der Waals surface area contributed by atoms with Crippen LogP contribution in [0.1, 0.15) is 30.1 Å². The molecule has 1 saturated heterocycles. The van der Waals surface area contributed by atoms with E-state index in [-0.39, 0.29) is 17.4 Å². The maximum atomic E-state index is 12.1. The molecule has 1 aromatic rings. The minimum atomic E-state index is -1.15. The Morgan fingerprint density at radius 1 is 1.48 bits per heavy atom. The van der Waals surface area contributed by atoms with Gasteiger partial charge in [-0.05, 0) is 38.0 Å². The average molecular weight is 323 g/mol. The fourth-order valence-corrected chi connectivity index (χ4v) is 2.27. The highest BCUT2D eigenvalue weighted by molar-refractivity contribution is 6.02. The Morgan fingerprint density at radius 3 is 2.87 bits per heavy atom. The van der Waals surface area contributed by atoms with Gasteiger partial charge in [0.15, 0.2) is 0 Å². The van der Waals surface area contributed by atoms with Crippen molar-refractivity contribution >= 4 is 17.6 Å². The van der Waals surface area contributed by atoms with Crippen molar-refractivity contribution in [2.24, 2.45) is 0 Å². The van der Waals surface area contributed by atoms with Crippen molar-refractivity contribution in [3.63, 3.8) is 0 Å². The third-order valence-electron chi connectivity index (χ3n) is 3.64. The van der Waals surface area contributed by atoms with Crippen molar-refractivity contribution in [2.45, 2.75) is 32.0 Å². The van der Waals surface area contributed by atoms with Crippen LogP contribution in [-0.4, -0.2) is 49.5 Å². The zero-order valence-corrected chi connectivity index (χ0v) is 13.2. The van der Waals surface area contributed by atoms with Crippen LogP contribution in [0.4, 0.5) is 5.69 Å². The normalized spacial score (nSPS) is 18.4. The lowest BCUT2D eigenvalue weighted by Gasteiger charge is -2.17. The van der Waals surface area contributed by atoms with Crippen LogP contribution in [0.15, 0.2) is 18.2 Å². The highest BCUT2D eigenvalue weighted by Gasteiger charge is 2.21. The molecule has 0 radical (unpaired) electrons. The molecule has 23 heavy (non-hydrogen) atoms. The minimum Gasteiger partial charge on any atom is -0.497 e. The number of carboxylic acid groups (broad SMARTS) is 1. The van der Waals surface area contributed by atoms with E-state index in [2.05, 4.69) is 5.32 Å². The Labute approximate surface area is 134 Å². The molecule has 1 amide bonds. The number of hydrogen-bond donors (Lipinski definition) is 2. The second-order valence-electron chi connectivity index (χ2n) is 5.32. The maximum Gasteiger partial charge on any atom is 0.337 e. The van der Waals surface area contributed by atoms with Crippen LogP contribution in [0.3, 0.4) is 0 Å². The summed E-state index contributed by atoms with van der Waals surface area (Å²) in [6.07, 6.45) is 1.25. The van der Waals surface area contributed by atoms with Crippen LogP contribution in [0, 0.1) is 0 Å². The minimum absolute atomic E-state index is 0.0285. The predicted molar refractivity (Wildman–Crippen MR) is 83.0 cm³/mol. The quantitative estimate of drug-likeness (QED) is 0.796. The van der Waals surface area contributed by atoms with Crippen LogP contribution in [-0.2, 0) is 14.3 Å². The largest absolute Gasteiger partial charge is 0.497 e. The van der Waals surface area contributed by atoms with E-state index in [0.717, 1.165) is 19.4 Å². The van der Waals surface area contributed by atoms with Gasteiger partial charge in [-0.2, -0.15) is 0 Å². The first-order valence-corrected chi connectivity index (χ1v) is 7.46. The number of nitrogens with one attached hydrogen (secondary N) is 1. The highest BCUT2D eigenvalue weighted by atomic mass is 16.5. The summed E-state index contributed by atoms with van der Waals surface area (Å²) in [5.41, 5.74) is 0.167. The highest BCUT2D eigenvalue weighted by Crippen LogP contribution is 2.22. The first kappa shape index (κ1) is 17.2. The number of ether oxygens (including phenoxy) is 3. The van der Waals surface area contributed by atoms with Crippen molar-refractivity contribution in [2.75, 3.05) is 25.6 Å². The molecule has 7 heteroatoms. The molecule has 2 atom stereocenters. The maximum absolute atomic E-state index is 12.1. The van der Waals surface area contributed by atoms with Gasteiger partial charge < -0.3 is 24.6 Å². The summed E-state index contributed by atoms with van der Waals surface area (Å²) in [6.45, 7) is 2.69. The van der Waals surface area contributed by atoms with Crippen LogP contribution in [0.2, 0.25) is 0 Å². The van der Waals surface area contributed by atoms with Gasteiger partial charge in [0.2, 0.25) is 0 Å². The molecule has 0 aliphatic carbocycles. The first-order chi connectivity index (χ1) is 11.0. The standard InChI is InChI=1S/C16H21NO6/c1-10(23-9-12-4-3-7-22-12)15(18)17-14-6-5-11(21-2)8-13(14)16(19)20/h5-6,8,10,12H,3-4,7,9H2,1-2H3,(H,17,18)(H,19,20). The zero-order chi connectivity index (χ0) is 16.8. The summed E-state index contributed by atoms with van der Waals surface area (Å²) in [5.74, 6) is -1.15. The summed E-state index contributed by atoms with van der Waals surface area (Å²) in [7, 11) is 1.44. The molecule has 2 N–H and O–H groups in total. The second-order valence-corrected chi connectivity index (χ2v) is 5.32. The van der Waals surface area contributed by atoms with Gasteiger partial charge in [-0.25, -0.2) is 4.79 Å². The van der Waals surface area contributed by atoms with Crippen molar-refractivity contribution < 1.29 is 28.9 Å². The van der Waals surface area contributed by atoms with E-state index in [9.17, 15) is 14.7 Å². The van der Waals surface area contributed by atoms with Gasteiger partial charge in [0, 0.05) is 6.61 Å². The molecule has 2 unspecified atom stereocenters. The van der Waals surface area contributed by atoms with Gasteiger partial charge in [-0.1, -0.05) is 0 Å². The average Bonchev–Trinajstić information content (AvgIpc) is 3.06. The summed E-state index contributed by atoms with van der Waals surface area (Å²) in [6, 6.07) is 4.43. The molecule has 1 aromatic carbocycles. The predicted octanol–water partition coefficient (Wildman–Crippen LogP) is 1.92. The van der Waals surface area contributed by atoms with Crippen LogP contribution >= 0.6 is 0 Å². The molecule has 126 valence electrons. The van der Waals surface area contributed by atoms with Gasteiger partial charge in [-0.15, -0.1) is 0 Å². The number of hydrogen-bond acceptors (Lipinski definition) is 5. The molecule has 0 saturated carbocycles. The Balaban J connectivity index is 1.96. The van der Waals surface area contributed by atoms with E-state index >= 15 is 0 Å². The Bertz CT molecular complexity index is 568. The number of anilines is 1. The molecule has 1 fully saturated rings. The number of rotatable bonds is 7. The lowest BCUT2D eigenvalue weighted by atomic mass is 10.1. The second kappa shape index (κ2) is 7.94. The Hall–Kier alpha value is -2.12. The number of methoxy groups -OCH3 is 1. The van der Waals surface area contributed by atoms with Crippen LogP contribution < -0.4 is 10.1 Å². The first-order valence-electron chi connectivity index (χ1n) is 7.46. The number of aromatic carboxylic acids is 1. The van der Waals surface area contributed by atoms with Gasteiger partial charge in [-0.3, -0.25) is 4.79 Å². The SMILES string of the molecule is COc1ccc(NC(=O)C(C)OCC2CCCO2)c(C(=O)O)c1. The topological polar surface area (TPSA) is 94.1 Å². The lowest BCUT2D eigenvalue weighted by molar-refractivity contribution is -0.128.